The molecule has 2 aromatic rings. The van der Waals surface area contributed by atoms with Gasteiger partial charge in [-0.15, -0.1) is 10.2 Å². The number of ether oxygens (including phenoxy) is 1. The lowest BCUT2D eigenvalue weighted by atomic mass is 9.86. The number of esters is 1. The monoisotopic (exact) mass is 451 g/mol. The predicted octanol–water partition coefficient (Wildman–Crippen LogP) is 4.00. The number of hydrogen-bond acceptors (Lipinski definition) is 8. The van der Waals surface area contributed by atoms with Crippen molar-refractivity contribution in [3.63, 3.8) is 0 Å². The molecule has 0 aromatic carbocycles. The van der Waals surface area contributed by atoms with Crippen LogP contribution in [0.5, 0.6) is 0 Å². The molecule has 0 unspecified atom stereocenters. The Bertz CT molecular complexity index is 874. The summed E-state index contributed by atoms with van der Waals surface area (Å²) < 4.78 is 6.98. The van der Waals surface area contributed by atoms with Crippen molar-refractivity contribution in [3.05, 3.63) is 16.4 Å². The molecule has 164 valence electrons. The minimum absolute atomic E-state index is 0.196. The van der Waals surface area contributed by atoms with E-state index >= 15 is 0 Å². The van der Waals surface area contributed by atoms with Gasteiger partial charge in [0.1, 0.15) is 10.7 Å². The maximum Gasteiger partial charge on any atom is 0.350 e. The smallest absolute Gasteiger partial charge is 0.350 e. The Morgan fingerprint density at radius 3 is 2.77 bits per heavy atom. The van der Waals surface area contributed by atoms with Gasteiger partial charge in [0.15, 0.2) is 10.3 Å². The van der Waals surface area contributed by atoms with Gasteiger partial charge in [-0.05, 0) is 26.2 Å². The van der Waals surface area contributed by atoms with Crippen molar-refractivity contribution in [3.8, 4) is 0 Å². The summed E-state index contributed by atoms with van der Waals surface area (Å²) in [6.07, 6.45) is 8.80. The zero-order chi connectivity index (χ0) is 21.5. The summed E-state index contributed by atoms with van der Waals surface area (Å²) in [5.74, 6) is 1.36. The van der Waals surface area contributed by atoms with E-state index in [4.69, 9.17) is 4.74 Å². The van der Waals surface area contributed by atoms with Gasteiger partial charge in [0.05, 0.1) is 18.1 Å². The number of carbonyl (C=O) groups excluding carboxylic acids is 2. The van der Waals surface area contributed by atoms with Gasteiger partial charge in [-0.2, -0.15) is 0 Å². The number of amides is 1. The topological polar surface area (TPSA) is 99.0 Å². The molecule has 8 nitrogen and oxygen atoms in total. The van der Waals surface area contributed by atoms with Crippen LogP contribution in [0.2, 0.25) is 0 Å². The highest BCUT2D eigenvalue weighted by Crippen LogP contribution is 2.28. The molecule has 0 bridgehead atoms. The minimum Gasteiger partial charge on any atom is -0.462 e. The van der Waals surface area contributed by atoms with E-state index in [1.807, 2.05) is 11.6 Å². The van der Waals surface area contributed by atoms with Crippen molar-refractivity contribution < 1.29 is 14.3 Å². The van der Waals surface area contributed by atoms with Crippen LogP contribution in [-0.2, 0) is 23.0 Å². The third kappa shape index (κ3) is 6.04. The molecule has 1 fully saturated rings. The minimum atomic E-state index is -0.415. The molecular formula is C20H29N5O3S2. The van der Waals surface area contributed by atoms with Crippen LogP contribution in [0.25, 0.3) is 0 Å². The first-order chi connectivity index (χ1) is 14.5. The van der Waals surface area contributed by atoms with Crippen molar-refractivity contribution in [1.29, 1.82) is 0 Å². The van der Waals surface area contributed by atoms with Crippen molar-refractivity contribution >= 4 is 40.1 Å². The highest BCUT2D eigenvalue weighted by atomic mass is 32.2. The van der Waals surface area contributed by atoms with E-state index in [1.165, 1.54) is 43.9 Å². The Balaban J connectivity index is 1.48. The summed E-state index contributed by atoms with van der Waals surface area (Å²) in [6, 6.07) is 0. The first-order valence-corrected chi connectivity index (χ1v) is 12.2. The van der Waals surface area contributed by atoms with Gasteiger partial charge in [-0.1, -0.05) is 55.2 Å². The molecule has 1 amide bonds. The summed E-state index contributed by atoms with van der Waals surface area (Å²) in [5.41, 5.74) is 0.553. The van der Waals surface area contributed by atoms with Crippen molar-refractivity contribution in [2.45, 2.75) is 63.9 Å². The number of aromatic nitrogens is 4. The van der Waals surface area contributed by atoms with Crippen LogP contribution < -0.4 is 5.32 Å². The van der Waals surface area contributed by atoms with Crippen LogP contribution in [0.4, 0.5) is 5.13 Å². The molecule has 1 N–H and O–H groups in total. The predicted molar refractivity (Wildman–Crippen MR) is 118 cm³/mol. The standard InChI is InChI=1S/C20H29N5O3S2/c1-4-28-18(27)17-13(2)21-19(30-17)22-16(26)12-29-20-24-23-15(25(20)3)11-10-14-8-6-5-7-9-14/h14H,4-12H2,1-3H3,(H,21,22,26). The lowest BCUT2D eigenvalue weighted by Gasteiger charge is -2.20. The fourth-order valence-corrected chi connectivity index (χ4v) is 5.23. The van der Waals surface area contributed by atoms with Gasteiger partial charge in [0.2, 0.25) is 5.91 Å². The van der Waals surface area contributed by atoms with Crippen LogP contribution in [-0.4, -0.2) is 44.0 Å². The van der Waals surface area contributed by atoms with Crippen molar-refractivity contribution in [2.24, 2.45) is 13.0 Å². The van der Waals surface area contributed by atoms with Gasteiger partial charge in [0.25, 0.3) is 0 Å². The summed E-state index contributed by atoms with van der Waals surface area (Å²) in [6.45, 7) is 3.78. The molecule has 2 aromatic heterocycles. The third-order valence-corrected chi connectivity index (χ3v) is 7.34. The van der Waals surface area contributed by atoms with E-state index in [1.54, 1.807) is 13.8 Å². The number of hydrogen-bond donors (Lipinski definition) is 1. The molecular weight excluding hydrogens is 422 g/mol. The summed E-state index contributed by atoms with van der Waals surface area (Å²) in [5, 5.41) is 12.4. The Morgan fingerprint density at radius 1 is 1.27 bits per heavy atom. The second-order valence-corrected chi connectivity index (χ2v) is 9.43. The van der Waals surface area contributed by atoms with Gasteiger partial charge in [-0.3, -0.25) is 4.79 Å². The van der Waals surface area contributed by atoms with E-state index < -0.39 is 5.97 Å². The third-order valence-electron chi connectivity index (χ3n) is 5.26. The molecule has 0 aliphatic heterocycles. The number of carbonyl (C=O) groups is 2. The van der Waals surface area contributed by atoms with Crippen LogP contribution in [0.3, 0.4) is 0 Å². The van der Waals surface area contributed by atoms with E-state index in [0.29, 0.717) is 22.3 Å². The van der Waals surface area contributed by atoms with E-state index in [9.17, 15) is 9.59 Å². The second-order valence-electron chi connectivity index (χ2n) is 7.49. The lowest BCUT2D eigenvalue weighted by Crippen LogP contribution is -2.14. The quantitative estimate of drug-likeness (QED) is 0.454. The van der Waals surface area contributed by atoms with Crippen LogP contribution in [0.15, 0.2) is 5.16 Å². The van der Waals surface area contributed by atoms with Gasteiger partial charge in [-0.25, -0.2) is 9.78 Å². The molecule has 10 heteroatoms. The summed E-state index contributed by atoms with van der Waals surface area (Å²) in [7, 11) is 1.95. The number of thioether (sulfide) groups is 1. The number of rotatable bonds is 9. The molecule has 0 saturated heterocycles. The molecule has 0 spiro atoms. The highest BCUT2D eigenvalue weighted by molar-refractivity contribution is 7.99. The highest BCUT2D eigenvalue weighted by Gasteiger charge is 2.19. The fraction of sp³-hybridized carbons (Fsp3) is 0.650. The molecule has 1 aliphatic carbocycles. The average Bonchev–Trinajstić information content (AvgIpc) is 3.27. The normalized spacial score (nSPS) is 14.6. The Labute approximate surface area is 185 Å². The number of anilines is 1. The molecule has 1 aliphatic rings. The molecule has 3 rings (SSSR count). The summed E-state index contributed by atoms with van der Waals surface area (Å²) in [4.78, 5) is 28.9. The molecule has 30 heavy (non-hydrogen) atoms. The Hall–Kier alpha value is -1.94. The first-order valence-electron chi connectivity index (χ1n) is 10.4. The Morgan fingerprint density at radius 2 is 2.03 bits per heavy atom. The van der Waals surface area contributed by atoms with Gasteiger partial charge in [0, 0.05) is 13.5 Å². The average molecular weight is 452 g/mol. The second kappa shape index (κ2) is 10.9. The largest absolute Gasteiger partial charge is 0.462 e. The zero-order valence-electron chi connectivity index (χ0n) is 17.8. The zero-order valence-corrected chi connectivity index (χ0v) is 19.4. The molecule has 0 atom stereocenters. The van der Waals surface area contributed by atoms with E-state index in [0.717, 1.165) is 41.1 Å². The maximum absolute atomic E-state index is 12.3. The number of nitrogens with one attached hydrogen (secondary N) is 1. The van der Waals surface area contributed by atoms with E-state index in [2.05, 4.69) is 20.5 Å². The number of aryl methyl sites for hydroxylation is 2. The first kappa shape index (κ1) is 22.7. The Kier molecular flexibility index (Phi) is 8.26. The lowest BCUT2D eigenvalue weighted by molar-refractivity contribution is -0.113. The SMILES string of the molecule is CCOC(=O)c1sc(NC(=O)CSc2nnc(CCC3CCCCC3)n2C)nc1C. The molecule has 1 saturated carbocycles. The summed E-state index contributed by atoms with van der Waals surface area (Å²) >= 11 is 2.47. The molecule has 0 radical (unpaired) electrons. The van der Waals surface area contributed by atoms with Crippen LogP contribution in [0.1, 0.15) is 66.6 Å². The van der Waals surface area contributed by atoms with E-state index in [-0.39, 0.29) is 11.7 Å². The number of nitrogens with zero attached hydrogens (tertiary/aromatic N) is 4. The van der Waals surface area contributed by atoms with Crippen LogP contribution in [0, 0.1) is 12.8 Å². The van der Waals surface area contributed by atoms with Crippen molar-refractivity contribution in [1.82, 2.24) is 19.7 Å². The molecule has 2 heterocycles. The van der Waals surface area contributed by atoms with Crippen molar-refractivity contribution in [2.75, 3.05) is 17.7 Å². The van der Waals surface area contributed by atoms with Gasteiger partial charge < -0.3 is 14.6 Å². The maximum atomic E-state index is 12.3. The number of thiazole rings is 1. The fourth-order valence-electron chi connectivity index (χ4n) is 3.62. The van der Waals surface area contributed by atoms with Crippen LogP contribution >= 0.6 is 23.1 Å². The van der Waals surface area contributed by atoms with Gasteiger partial charge >= 0.3 is 5.97 Å².